The lowest BCUT2D eigenvalue weighted by atomic mass is 10.2. The summed E-state index contributed by atoms with van der Waals surface area (Å²) in [6.07, 6.45) is 3.00. The number of H-pyrrole nitrogens is 1. The zero-order valence-corrected chi connectivity index (χ0v) is 11.1. The molecule has 0 bridgehead atoms. The lowest BCUT2D eigenvalue weighted by Crippen LogP contribution is -2.53. The minimum Gasteiger partial charge on any atom is -0.367 e. The maximum Gasteiger partial charge on any atom is 0.259 e. The number of amides is 1. The standard InChI is InChI=1S/C13H20N4O2/c1-10(8-14)16-4-6-17(7-5-16)13(19)11-9-15-3-2-12(11)18/h2-3,9-10H,4-8,14H2,1H3,(H,15,18). The van der Waals surface area contributed by atoms with Gasteiger partial charge in [0.25, 0.3) is 5.91 Å². The lowest BCUT2D eigenvalue weighted by Gasteiger charge is -2.37. The molecule has 1 aromatic heterocycles. The molecule has 1 aliphatic heterocycles. The number of hydrogen-bond donors (Lipinski definition) is 2. The third kappa shape index (κ3) is 3.02. The molecule has 0 spiro atoms. The Balaban J connectivity index is 2.00. The zero-order chi connectivity index (χ0) is 13.8. The van der Waals surface area contributed by atoms with Crippen LogP contribution in [0.15, 0.2) is 23.3 Å². The molecule has 0 saturated carbocycles. The number of nitrogens with one attached hydrogen (secondary N) is 1. The Hall–Kier alpha value is -1.66. The van der Waals surface area contributed by atoms with Gasteiger partial charge in [0.05, 0.1) is 0 Å². The van der Waals surface area contributed by atoms with Crippen LogP contribution in [0.3, 0.4) is 0 Å². The van der Waals surface area contributed by atoms with Crippen molar-refractivity contribution < 1.29 is 4.79 Å². The molecule has 104 valence electrons. The van der Waals surface area contributed by atoms with Crippen molar-refractivity contribution in [3.8, 4) is 0 Å². The Kier molecular flexibility index (Phi) is 4.34. The van der Waals surface area contributed by atoms with Gasteiger partial charge in [-0.15, -0.1) is 0 Å². The second-order valence-electron chi connectivity index (χ2n) is 4.84. The van der Waals surface area contributed by atoms with Gasteiger partial charge in [0.15, 0.2) is 5.43 Å². The Labute approximate surface area is 112 Å². The Morgan fingerprint density at radius 2 is 2.11 bits per heavy atom. The Bertz CT molecular complexity index is 491. The summed E-state index contributed by atoms with van der Waals surface area (Å²) in [6.45, 7) is 5.57. The first-order chi connectivity index (χ1) is 9.13. The molecule has 1 aromatic rings. The van der Waals surface area contributed by atoms with E-state index in [2.05, 4.69) is 16.8 Å². The van der Waals surface area contributed by atoms with Crippen LogP contribution >= 0.6 is 0 Å². The Morgan fingerprint density at radius 1 is 1.42 bits per heavy atom. The second kappa shape index (κ2) is 5.99. The number of hydrogen-bond acceptors (Lipinski definition) is 4. The van der Waals surface area contributed by atoms with Crippen LogP contribution < -0.4 is 11.2 Å². The topological polar surface area (TPSA) is 82.4 Å². The highest BCUT2D eigenvalue weighted by molar-refractivity contribution is 5.93. The van der Waals surface area contributed by atoms with E-state index in [-0.39, 0.29) is 16.9 Å². The normalized spacial score (nSPS) is 18.3. The molecule has 0 radical (unpaired) electrons. The van der Waals surface area contributed by atoms with Crippen LogP contribution in [0.2, 0.25) is 0 Å². The van der Waals surface area contributed by atoms with E-state index in [1.54, 1.807) is 4.90 Å². The SMILES string of the molecule is CC(CN)N1CCN(C(=O)c2c[nH]ccc2=O)CC1. The fourth-order valence-electron chi connectivity index (χ4n) is 2.27. The van der Waals surface area contributed by atoms with Crippen molar-refractivity contribution in [3.63, 3.8) is 0 Å². The molecule has 1 fully saturated rings. The van der Waals surface area contributed by atoms with Crippen molar-refractivity contribution in [1.82, 2.24) is 14.8 Å². The summed E-state index contributed by atoms with van der Waals surface area (Å²) in [5.41, 5.74) is 5.62. The number of aromatic nitrogens is 1. The highest BCUT2D eigenvalue weighted by Gasteiger charge is 2.25. The number of rotatable bonds is 3. The fourth-order valence-corrected chi connectivity index (χ4v) is 2.27. The van der Waals surface area contributed by atoms with Crippen molar-refractivity contribution in [2.75, 3.05) is 32.7 Å². The van der Waals surface area contributed by atoms with Crippen molar-refractivity contribution in [1.29, 1.82) is 0 Å². The summed E-state index contributed by atoms with van der Waals surface area (Å²) in [4.78, 5) is 30.6. The van der Waals surface area contributed by atoms with E-state index in [1.165, 1.54) is 18.5 Å². The van der Waals surface area contributed by atoms with Gasteiger partial charge in [-0.25, -0.2) is 0 Å². The highest BCUT2D eigenvalue weighted by atomic mass is 16.2. The summed E-state index contributed by atoms with van der Waals surface area (Å²) in [5.74, 6) is -0.193. The molecule has 1 aliphatic rings. The average Bonchev–Trinajstić information content (AvgIpc) is 2.46. The maximum atomic E-state index is 12.2. The van der Waals surface area contributed by atoms with Crippen molar-refractivity contribution in [3.05, 3.63) is 34.2 Å². The van der Waals surface area contributed by atoms with Crippen molar-refractivity contribution >= 4 is 5.91 Å². The molecular formula is C13H20N4O2. The summed E-state index contributed by atoms with van der Waals surface area (Å²) in [5, 5.41) is 0. The van der Waals surface area contributed by atoms with E-state index in [4.69, 9.17) is 5.73 Å². The molecule has 0 aliphatic carbocycles. The molecule has 3 N–H and O–H groups in total. The molecule has 1 amide bonds. The molecule has 6 nitrogen and oxygen atoms in total. The molecular weight excluding hydrogens is 244 g/mol. The smallest absolute Gasteiger partial charge is 0.259 e. The minimum atomic E-state index is -0.235. The van der Waals surface area contributed by atoms with Crippen LogP contribution in [0.1, 0.15) is 17.3 Å². The van der Waals surface area contributed by atoms with Crippen molar-refractivity contribution in [2.45, 2.75) is 13.0 Å². The van der Waals surface area contributed by atoms with Crippen LogP contribution in [0, 0.1) is 0 Å². The van der Waals surface area contributed by atoms with E-state index in [0.29, 0.717) is 25.7 Å². The molecule has 2 rings (SSSR count). The lowest BCUT2D eigenvalue weighted by molar-refractivity contribution is 0.0587. The molecule has 1 unspecified atom stereocenters. The molecule has 2 heterocycles. The number of carbonyl (C=O) groups excluding carboxylic acids is 1. The largest absolute Gasteiger partial charge is 0.367 e. The first kappa shape index (κ1) is 13.8. The van der Waals surface area contributed by atoms with E-state index in [0.717, 1.165) is 13.1 Å². The number of piperazine rings is 1. The van der Waals surface area contributed by atoms with Gasteiger partial charge in [-0.2, -0.15) is 0 Å². The number of pyridine rings is 1. The number of carbonyl (C=O) groups is 1. The van der Waals surface area contributed by atoms with E-state index in [1.807, 2.05) is 0 Å². The van der Waals surface area contributed by atoms with E-state index < -0.39 is 0 Å². The van der Waals surface area contributed by atoms with Crippen LogP contribution in [0.25, 0.3) is 0 Å². The highest BCUT2D eigenvalue weighted by Crippen LogP contribution is 2.08. The van der Waals surface area contributed by atoms with Crippen molar-refractivity contribution in [2.24, 2.45) is 5.73 Å². The minimum absolute atomic E-state index is 0.193. The van der Waals surface area contributed by atoms with Crippen LogP contribution in [0.4, 0.5) is 0 Å². The van der Waals surface area contributed by atoms with Gasteiger partial charge in [0.1, 0.15) is 5.56 Å². The second-order valence-corrected chi connectivity index (χ2v) is 4.84. The quantitative estimate of drug-likeness (QED) is 0.769. The van der Waals surface area contributed by atoms with Gasteiger partial charge in [-0.05, 0) is 6.92 Å². The number of nitrogens with two attached hydrogens (primary N) is 1. The van der Waals surface area contributed by atoms with Gasteiger partial charge in [-0.3, -0.25) is 14.5 Å². The van der Waals surface area contributed by atoms with Gasteiger partial charge in [-0.1, -0.05) is 0 Å². The monoisotopic (exact) mass is 264 g/mol. The zero-order valence-electron chi connectivity index (χ0n) is 11.1. The number of aromatic amines is 1. The van der Waals surface area contributed by atoms with Gasteiger partial charge in [0.2, 0.25) is 0 Å². The third-order valence-corrected chi connectivity index (χ3v) is 3.62. The molecule has 1 atom stereocenters. The summed E-state index contributed by atoms with van der Waals surface area (Å²) in [7, 11) is 0. The molecule has 1 saturated heterocycles. The summed E-state index contributed by atoms with van der Waals surface area (Å²) >= 11 is 0. The molecule has 6 heteroatoms. The third-order valence-electron chi connectivity index (χ3n) is 3.62. The van der Waals surface area contributed by atoms with E-state index >= 15 is 0 Å². The van der Waals surface area contributed by atoms with Crippen LogP contribution in [-0.4, -0.2) is 59.5 Å². The Morgan fingerprint density at radius 3 is 2.68 bits per heavy atom. The van der Waals surface area contributed by atoms with Gasteiger partial charge >= 0.3 is 0 Å². The fraction of sp³-hybridized carbons (Fsp3) is 0.538. The van der Waals surface area contributed by atoms with Gasteiger partial charge < -0.3 is 15.6 Å². The van der Waals surface area contributed by atoms with E-state index in [9.17, 15) is 9.59 Å². The molecule has 0 aromatic carbocycles. The first-order valence-corrected chi connectivity index (χ1v) is 6.54. The van der Waals surface area contributed by atoms with Crippen LogP contribution in [-0.2, 0) is 0 Å². The predicted molar refractivity (Wildman–Crippen MR) is 73.1 cm³/mol. The first-order valence-electron chi connectivity index (χ1n) is 6.54. The van der Waals surface area contributed by atoms with Crippen LogP contribution in [0.5, 0.6) is 0 Å². The maximum absolute atomic E-state index is 12.2. The number of nitrogens with zero attached hydrogens (tertiary/aromatic N) is 2. The predicted octanol–water partition coefficient (Wildman–Crippen LogP) is -0.520. The summed E-state index contributed by atoms with van der Waals surface area (Å²) < 4.78 is 0. The van der Waals surface area contributed by atoms with Gasteiger partial charge in [0, 0.05) is 57.2 Å². The molecule has 19 heavy (non-hydrogen) atoms. The summed E-state index contributed by atoms with van der Waals surface area (Å²) in [6, 6.07) is 1.71. The average molecular weight is 264 g/mol.